The molecule has 0 amide bonds. The van der Waals surface area contributed by atoms with Crippen LogP contribution < -0.4 is 0 Å². The summed E-state index contributed by atoms with van der Waals surface area (Å²) >= 11 is 0. The van der Waals surface area contributed by atoms with E-state index in [1.54, 1.807) is 0 Å². The van der Waals surface area contributed by atoms with Gasteiger partial charge >= 0.3 is 39.5 Å². The predicted molar refractivity (Wildman–Crippen MR) is 335 cm³/mol. The number of ether oxygens (including phenoxy) is 4. The lowest BCUT2D eigenvalue weighted by atomic mass is 10.0. The van der Waals surface area contributed by atoms with Crippen LogP contribution in [-0.2, 0) is 65.4 Å². The van der Waals surface area contributed by atoms with Crippen LogP contribution in [0.5, 0.6) is 0 Å². The Balaban J connectivity index is 5.12. The number of unbranched alkanes of at least 4 members (excludes halogenated alkanes) is 37. The summed E-state index contributed by atoms with van der Waals surface area (Å²) in [5.41, 5.74) is 0. The first-order valence-corrected chi connectivity index (χ1v) is 37.1. The number of phosphoric acid groups is 2. The van der Waals surface area contributed by atoms with Gasteiger partial charge in [0.15, 0.2) is 12.2 Å². The maximum Gasteiger partial charge on any atom is 0.472 e. The van der Waals surface area contributed by atoms with Crippen LogP contribution in [0.15, 0.2) is 0 Å². The Morgan fingerprint density at radius 3 is 0.810 bits per heavy atom. The van der Waals surface area contributed by atoms with Gasteiger partial charge in [0.05, 0.1) is 26.4 Å². The zero-order valence-corrected chi connectivity index (χ0v) is 55.8. The summed E-state index contributed by atoms with van der Waals surface area (Å²) in [6.07, 6.45) is 43.6. The number of carbonyl (C=O) groups is 4. The first-order chi connectivity index (χ1) is 40.5. The van der Waals surface area contributed by atoms with E-state index in [4.69, 9.17) is 37.0 Å². The molecule has 5 atom stereocenters. The largest absolute Gasteiger partial charge is 0.472 e. The van der Waals surface area contributed by atoms with Gasteiger partial charge in [-0.1, -0.05) is 279 Å². The van der Waals surface area contributed by atoms with Crippen LogP contribution in [0.4, 0.5) is 0 Å². The summed E-state index contributed by atoms with van der Waals surface area (Å²) in [6.45, 7) is 7.10. The molecule has 0 fully saturated rings. The number of aliphatic hydroxyl groups is 1. The molecule has 84 heavy (non-hydrogen) atoms. The van der Waals surface area contributed by atoms with Gasteiger partial charge < -0.3 is 33.8 Å². The molecule has 0 bridgehead atoms. The number of esters is 4. The molecule has 0 aromatic heterocycles. The van der Waals surface area contributed by atoms with E-state index in [0.29, 0.717) is 25.7 Å². The van der Waals surface area contributed by atoms with E-state index in [0.717, 1.165) is 115 Å². The zero-order valence-electron chi connectivity index (χ0n) is 54.0. The lowest BCUT2D eigenvalue weighted by Crippen LogP contribution is -2.30. The average Bonchev–Trinajstić information content (AvgIpc) is 3.58. The molecule has 0 saturated heterocycles. The Bertz CT molecular complexity index is 1640. The standard InChI is InChI=1S/C65H126O17P2/c1-6-9-12-15-17-18-19-20-25-28-31-35-39-44-49-63(68)76-55-61(82-65(70)51-46-41-36-32-29-26-23-21-22-24-27-30-34-38-42-47-58(4)5)57-80-84(73,74)78-53-59(66)52-77-83(71,72)79-56-60(54-75-62(67)48-43-37-14-11-8-3)81-64(69)50-45-40-33-16-13-10-7-2/h58-61,66H,6-57H2,1-5H3,(H,71,72)(H,73,74)/t59-,60+,61+/m0/s1. The fourth-order valence-electron chi connectivity index (χ4n) is 9.76. The Kier molecular flexibility index (Phi) is 57.4. The van der Waals surface area contributed by atoms with Crippen molar-refractivity contribution in [2.45, 2.75) is 348 Å². The Hall–Kier alpha value is -1.94. The number of rotatable bonds is 65. The zero-order chi connectivity index (χ0) is 62.0. The first kappa shape index (κ1) is 82.1. The average molecular weight is 1240 g/mol. The van der Waals surface area contributed by atoms with E-state index in [9.17, 15) is 43.2 Å². The molecule has 2 unspecified atom stereocenters. The molecule has 0 aromatic rings. The van der Waals surface area contributed by atoms with Gasteiger partial charge in [0.1, 0.15) is 19.3 Å². The highest BCUT2D eigenvalue weighted by atomic mass is 31.2. The number of hydrogen-bond acceptors (Lipinski definition) is 15. The fourth-order valence-corrected chi connectivity index (χ4v) is 11.3. The molecule has 0 heterocycles. The molecule has 0 aliphatic heterocycles. The summed E-state index contributed by atoms with van der Waals surface area (Å²) in [7, 11) is -9.87. The predicted octanol–water partition coefficient (Wildman–Crippen LogP) is 18.2. The van der Waals surface area contributed by atoms with Gasteiger partial charge in [0.2, 0.25) is 0 Å². The third-order valence-corrected chi connectivity index (χ3v) is 16.9. The molecule has 17 nitrogen and oxygen atoms in total. The molecule has 19 heteroatoms. The summed E-state index contributed by atoms with van der Waals surface area (Å²) in [5, 5.41) is 10.5. The fraction of sp³-hybridized carbons (Fsp3) is 0.938. The lowest BCUT2D eigenvalue weighted by molar-refractivity contribution is -0.161. The van der Waals surface area contributed by atoms with Gasteiger partial charge in [-0.15, -0.1) is 0 Å². The van der Waals surface area contributed by atoms with Crippen LogP contribution in [0.2, 0.25) is 0 Å². The third kappa shape index (κ3) is 59.0. The second-order valence-corrected chi connectivity index (χ2v) is 26.9. The smallest absolute Gasteiger partial charge is 0.462 e. The Morgan fingerprint density at radius 1 is 0.321 bits per heavy atom. The third-order valence-electron chi connectivity index (χ3n) is 15.0. The van der Waals surface area contributed by atoms with Gasteiger partial charge in [-0.2, -0.15) is 0 Å². The SMILES string of the molecule is CCCCCCCCCCCCCCCCC(=O)OC[C@H](COP(=O)(O)OC[C@@H](O)COP(=O)(O)OC[C@@H](COC(=O)CCCCCCC)OC(=O)CCCCCCCCC)OC(=O)CCCCCCCCCCCCCCCCCC(C)C. The number of aliphatic hydroxyl groups excluding tert-OH is 1. The van der Waals surface area contributed by atoms with Crippen molar-refractivity contribution >= 4 is 39.5 Å². The van der Waals surface area contributed by atoms with Gasteiger partial charge in [-0.25, -0.2) is 9.13 Å². The molecule has 0 saturated carbocycles. The minimum atomic E-state index is -4.94. The second kappa shape index (κ2) is 58.7. The van der Waals surface area contributed by atoms with E-state index in [1.807, 2.05) is 0 Å². The van der Waals surface area contributed by atoms with Crippen LogP contribution in [0.3, 0.4) is 0 Å². The summed E-state index contributed by atoms with van der Waals surface area (Å²) in [4.78, 5) is 71.9. The van der Waals surface area contributed by atoms with Crippen LogP contribution in [0.25, 0.3) is 0 Å². The van der Waals surface area contributed by atoms with Crippen LogP contribution in [0.1, 0.15) is 330 Å². The van der Waals surface area contributed by atoms with Gasteiger partial charge in [-0.05, 0) is 31.6 Å². The molecule has 0 rings (SSSR count). The molecular weight excluding hydrogens is 1110 g/mol. The maximum absolute atomic E-state index is 13.0. The van der Waals surface area contributed by atoms with Gasteiger partial charge in [0, 0.05) is 25.7 Å². The molecule has 0 radical (unpaired) electrons. The number of phosphoric ester groups is 2. The summed E-state index contributed by atoms with van der Waals surface area (Å²) < 4.78 is 67.7. The molecular formula is C65H126O17P2. The van der Waals surface area contributed by atoms with Crippen LogP contribution >= 0.6 is 15.6 Å². The van der Waals surface area contributed by atoms with E-state index in [-0.39, 0.29) is 25.7 Å². The molecule has 0 aromatic carbocycles. The minimum absolute atomic E-state index is 0.103. The van der Waals surface area contributed by atoms with Crippen molar-refractivity contribution in [3.8, 4) is 0 Å². The summed E-state index contributed by atoms with van der Waals surface area (Å²) in [6, 6.07) is 0. The Labute approximate surface area is 511 Å². The van der Waals surface area contributed by atoms with Crippen LogP contribution in [0, 0.1) is 5.92 Å². The maximum atomic E-state index is 13.0. The van der Waals surface area contributed by atoms with Crippen molar-refractivity contribution in [2.24, 2.45) is 5.92 Å². The normalized spacial score (nSPS) is 14.2. The quantitative estimate of drug-likeness (QED) is 0.0222. The minimum Gasteiger partial charge on any atom is -0.462 e. The van der Waals surface area contributed by atoms with Crippen molar-refractivity contribution in [1.82, 2.24) is 0 Å². The highest BCUT2D eigenvalue weighted by Crippen LogP contribution is 2.45. The van der Waals surface area contributed by atoms with Crippen molar-refractivity contribution in [3.63, 3.8) is 0 Å². The van der Waals surface area contributed by atoms with E-state index in [1.165, 1.54) is 135 Å². The highest BCUT2D eigenvalue weighted by molar-refractivity contribution is 7.47. The van der Waals surface area contributed by atoms with Crippen LogP contribution in [-0.4, -0.2) is 96.7 Å². The first-order valence-electron chi connectivity index (χ1n) is 34.1. The molecule has 0 spiro atoms. The van der Waals surface area contributed by atoms with Gasteiger partial charge in [-0.3, -0.25) is 37.3 Å². The van der Waals surface area contributed by atoms with Crippen molar-refractivity contribution in [3.05, 3.63) is 0 Å². The highest BCUT2D eigenvalue weighted by Gasteiger charge is 2.30. The van der Waals surface area contributed by atoms with Crippen molar-refractivity contribution < 1.29 is 80.2 Å². The Morgan fingerprint density at radius 2 is 0.548 bits per heavy atom. The number of hydrogen-bond donors (Lipinski definition) is 3. The molecule has 0 aliphatic carbocycles. The molecule has 0 aliphatic rings. The topological polar surface area (TPSA) is 237 Å². The molecule has 3 N–H and O–H groups in total. The van der Waals surface area contributed by atoms with Crippen molar-refractivity contribution in [2.75, 3.05) is 39.6 Å². The lowest BCUT2D eigenvalue weighted by Gasteiger charge is -2.21. The monoisotopic (exact) mass is 1240 g/mol. The van der Waals surface area contributed by atoms with E-state index >= 15 is 0 Å². The van der Waals surface area contributed by atoms with E-state index < -0.39 is 97.5 Å². The van der Waals surface area contributed by atoms with Crippen molar-refractivity contribution in [1.29, 1.82) is 0 Å². The number of carbonyl (C=O) groups excluding carboxylic acids is 4. The summed E-state index contributed by atoms with van der Waals surface area (Å²) in [5.74, 6) is -1.34. The van der Waals surface area contributed by atoms with E-state index in [2.05, 4.69) is 34.6 Å². The second-order valence-electron chi connectivity index (χ2n) is 24.0. The molecule has 498 valence electrons. The van der Waals surface area contributed by atoms with Gasteiger partial charge in [0.25, 0.3) is 0 Å².